The number of rotatable bonds is 5. The number of ether oxygens (including phenoxy) is 1. The molecule has 0 fully saturated rings. The monoisotopic (exact) mass is 178 g/mol. The molecule has 0 aliphatic carbocycles. The highest BCUT2D eigenvalue weighted by atomic mass is 16.6. The van der Waals surface area contributed by atoms with Crippen LogP contribution in [0.3, 0.4) is 0 Å². The Balaban J connectivity index is 3.51. The van der Waals surface area contributed by atoms with E-state index in [4.69, 9.17) is 10.2 Å². The largest absolute Gasteiger partial charge is 0.477 e. The molecular formula is C7H16NO4+. The minimum absolute atomic E-state index is 0.233. The molecule has 2 N–H and O–H groups in total. The van der Waals surface area contributed by atoms with Crippen LogP contribution in [0.1, 0.15) is 0 Å². The molecule has 0 bridgehead atoms. The SMILES string of the molecule is C[N+](C)(C)CCOC(O)C(=O)O. The molecule has 0 radical (unpaired) electrons. The minimum atomic E-state index is -1.70. The van der Waals surface area contributed by atoms with E-state index in [2.05, 4.69) is 4.74 Å². The van der Waals surface area contributed by atoms with Crippen molar-refractivity contribution in [3.05, 3.63) is 0 Å². The van der Waals surface area contributed by atoms with Crippen LogP contribution in [0.25, 0.3) is 0 Å². The van der Waals surface area contributed by atoms with Crippen LogP contribution >= 0.6 is 0 Å². The summed E-state index contributed by atoms with van der Waals surface area (Å²) in [7, 11) is 5.86. The summed E-state index contributed by atoms with van der Waals surface area (Å²) in [5, 5.41) is 16.9. The topological polar surface area (TPSA) is 66.8 Å². The number of carboxylic acids is 1. The van der Waals surface area contributed by atoms with Gasteiger partial charge >= 0.3 is 5.97 Å². The fourth-order valence-corrected chi connectivity index (χ4v) is 0.509. The molecule has 5 heteroatoms. The highest BCUT2D eigenvalue weighted by Gasteiger charge is 2.15. The normalized spacial score (nSPS) is 14.3. The third-order valence-corrected chi connectivity index (χ3v) is 1.25. The van der Waals surface area contributed by atoms with Crippen LogP contribution < -0.4 is 0 Å². The molecule has 5 nitrogen and oxygen atoms in total. The number of carbonyl (C=O) groups is 1. The lowest BCUT2D eigenvalue weighted by Gasteiger charge is -2.23. The van der Waals surface area contributed by atoms with E-state index in [0.717, 1.165) is 0 Å². The molecule has 0 aromatic heterocycles. The number of aliphatic hydroxyl groups excluding tert-OH is 1. The van der Waals surface area contributed by atoms with Crippen molar-refractivity contribution in [2.45, 2.75) is 6.29 Å². The Bertz CT molecular complexity index is 152. The van der Waals surface area contributed by atoms with Gasteiger partial charge in [0.15, 0.2) is 0 Å². The van der Waals surface area contributed by atoms with Crippen LogP contribution in [0, 0.1) is 0 Å². The Morgan fingerprint density at radius 3 is 2.33 bits per heavy atom. The van der Waals surface area contributed by atoms with Gasteiger partial charge in [0.25, 0.3) is 6.29 Å². The molecule has 0 aliphatic rings. The van der Waals surface area contributed by atoms with Gasteiger partial charge in [0.05, 0.1) is 27.7 Å². The molecule has 1 atom stereocenters. The summed E-state index contributed by atoms with van der Waals surface area (Å²) in [5.74, 6) is -1.35. The predicted molar refractivity (Wildman–Crippen MR) is 42.5 cm³/mol. The Kier molecular flexibility index (Phi) is 4.16. The number of hydrogen-bond donors (Lipinski definition) is 2. The zero-order valence-corrected chi connectivity index (χ0v) is 7.65. The number of likely N-dealkylation sites (N-methyl/N-ethyl adjacent to an activating group) is 1. The Labute approximate surface area is 71.8 Å². The molecule has 0 aliphatic heterocycles. The van der Waals surface area contributed by atoms with Gasteiger partial charge in [0.2, 0.25) is 0 Å². The summed E-state index contributed by atoms with van der Waals surface area (Å²) in [6.07, 6.45) is -1.70. The Hall–Kier alpha value is -0.650. The molecule has 0 spiro atoms. The maximum absolute atomic E-state index is 10.1. The first-order valence-corrected chi connectivity index (χ1v) is 3.66. The molecule has 0 aromatic carbocycles. The summed E-state index contributed by atoms with van der Waals surface area (Å²) in [6.45, 7) is 0.890. The number of nitrogens with zero attached hydrogens (tertiary/aromatic N) is 1. The summed E-state index contributed by atoms with van der Waals surface area (Å²) >= 11 is 0. The van der Waals surface area contributed by atoms with Crippen LogP contribution in [0.5, 0.6) is 0 Å². The summed E-state index contributed by atoms with van der Waals surface area (Å²) < 4.78 is 5.29. The molecule has 0 heterocycles. The van der Waals surface area contributed by atoms with Crippen LogP contribution in [0.15, 0.2) is 0 Å². The second-order valence-electron chi connectivity index (χ2n) is 3.58. The van der Waals surface area contributed by atoms with E-state index in [0.29, 0.717) is 11.0 Å². The van der Waals surface area contributed by atoms with Crippen LogP contribution in [0.4, 0.5) is 0 Å². The van der Waals surface area contributed by atoms with Gasteiger partial charge in [-0.25, -0.2) is 4.79 Å². The molecule has 0 rings (SSSR count). The lowest BCUT2D eigenvalue weighted by molar-refractivity contribution is -0.870. The molecule has 0 aromatic rings. The fourth-order valence-electron chi connectivity index (χ4n) is 0.509. The number of aliphatic hydroxyl groups is 1. The van der Waals surface area contributed by atoms with E-state index in [1.165, 1.54) is 0 Å². The summed E-state index contributed by atoms with van der Waals surface area (Å²) in [5.41, 5.74) is 0. The molecule has 1 unspecified atom stereocenters. The second-order valence-corrected chi connectivity index (χ2v) is 3.58. The van der Waals surface area contributed by atoms with Gasteiger partial charge in [-0.05, 0) is 0 Å². The zero-order valence-electron chi connectivity index (χ0n) is 7.65. The van der Waals surface area contributed by atoms with Gasteiger partial charge in [0.1, 0.15) is 6.54 Å². The Morgan fingerprint density at radius 1 is 1.50 bits per heavy atom. The number of quaternary nitrogens is 1. The Morgan fingerprint density at radius 2 is 2.00 bits per heavy atom. The van der Waals surface area contributed by atoms with E-state index >= 15 is 0 Å². The third kappa shape index (κ3) is 6.09. The van der Waals surface area contributed by atoms with Crippen molar-refractivity contribution in [2.24, 2.45) is 0 Å². The van der Waals surface area contributed by atoms with Gasteiger partial charge in [-0.15, -0.1) is 0 Å². The van der Waals surface area contributed by atoms with Gasteiger partial charge in [-0.3, -0.25) is 0 Å². The molecule has 12 heavy (non-hydrogen) atoms. The van der Waals surface area contributed by atoms with E-state index in [-0.39, 0.29) is 6.61 Å². The number of aliphatic carboxylic acids is 1. The third-order valence-electron chi connectivity index (χ3n) is 1.25. The van der Waals surface area contributed by atoms with E-state index in [1.54, 1.807) is 0 Å². The standard InChI is InChI=1S/C7H15NO4/c1-8(2,3)4-5-12-7(11)6(9)10/h7,11H,4-5H2,1-3H3/p+1. The average Bonchev–Trinajstić information content (AvgIpc) is 1.84. The van der Waals surface area contributed by atoms with E-state index < -0.39 is 12.3 Å². The first kappa shape index (κ1) is 11.4. The highest BCUT2D eigenvalue weighted by molar-refractivity contribution is 5.70. The number of carboxylic acid groups (broad SMARTS) is 1. The van der Waals surface area contributed by atoms with Gasteiger partial charge in [0, 0.05) is 0 Å². The quantitative estimate of drug-likeness (QED) is 0.423. The van der Waals surface area contributed by atoms with Crippen LogP contribution in [0.2, 0.25) is 0 Å². The lowest BCUT2D eigenvalue weighted by atomic mass is 10.5. The zero-order chi connectivity index (χ0) is 9.78. The second kappa shape index (κ2) is 4.39. The molecular weight excluding hydrogens is 162 g/mol. The van der Waals surface area contributed by atoms with Gasteiger partial charge in [-0.1, -0.05) is 0 Å². The maximum Gasteiger partial charge on any atom is 0.360 e. The predicted octanol–water partition coefficient (Wildman–Crippen LogP) is -0.888. The average molecular weight is 178 g/mol. The van der Waals surface area contributed by atoms with Crippen molar-refractivity contribution >= 4 is 5.97 Å². The molecule has 0 saturated heterocycles. The molecule has 72 valence electrons. The van der Waals surface area contributed by atoms with Crippen molar-refractivity contribution in [3.8, 4) is 0 Å². The molecule has 0 amide bonds. The first-order chi connectivity index (χ1) is 5.33. The maximum atomic E-state index is 10.1. The fraction of sp³-hybridized carbons (Fsp3) is 0.857. The molecule has 0 saturated carbocycles. The van der Waals surface area contributed by atoms with Gasteiger partial charge < -0.3 is 19.4 Å². The van der Waals surface area contributed by atoms with Crippen LogP contribution in [-0.2, 0) is 9.53 Å². The van der Waals surface area contributed by atoms with Crippen molar-refractivity contribution in [3.63, 3.8) is 0 Å². The summed E-state index contributed by atoms with van der Waals surface area (Å²) in [4.78, 5) is 10.1. The number of hydrogen-bond acceptors (Lipinski definition) is 3. The first-order valence-electron chi connectivity index (χ1n) is 3.66. The minimum Gasteiger partial charge on any atom is -0.477 e. The smallest absolute Gasteiger partial charge is 0.360 e. The highest BCUT2D eigenvalue weighted by Crippen LogP contribution is 1.92. The summed E-state index contributed by atoms with van der Waals surface area (Å²) in [6, 6.07) is 0. The van der Waals surface area contributed by atoms with E-state index in [1.807, 2.05) is 21.1 Å². The van der Waals surface area contributed by atoms with Crippen molar-refractivity contribution < 1.29 is 24.2 Å². The van der Waals surface area contributed by atoms with Crippen molar-refractivity contribution in [2.75, 3.05) is 34.3 Å². The van der Waals surface area contributed by atoms with Crippen LogP contribution in [-0.4, -0.2) is 61.3 Å². The van der Waals surface area contributed by atoms with Crippen molar-refractivity contribution in [1.29, 1.82) is 0 Å². The lowest BCUT2D eigenvalue weighted by Crippen LogP contribution is -2.39. The van der Waals surface area contributed by atoms with Gasteiger partial charge in [-0.2, -0.15) is 0 Å². The van der Waals surface area contributed by atoms with E-state index in [9.17, 15) is 4.79 Å². The van der Waals surface area contributed by atoms with Crippen molar-refractivity contribution in [1.82, 2.24) is 0 Å².